The molecule has 7 nitrogen and oxygen atoms in total. The minimum atomic E-state index is -0.409. The number of nitrogens with one attached hydrogen (secondary N) is 2. The zero-order valence-corrected chi connectivity index (χ0v) is 15.8. The lowest BCUT2D eigenvalue weighted by atomic mass is 10.2. The maximum Gasteiger partial charge on any atom is 0.269 e. The first-order chi connectivity index (χ1) is 11.2. The van der Waals surface area contributed by atoms with E-state index in [1.54, 1.807) is 18.2 Å². The highest BCUT2D eigenvalue weighted by Gasteiger charge is 2.15. The number of hydrogen-bond acceptors (Lipinski definition) is 4. The number of ether oxygens (including phenoxy) is 1. The van der Waals surface area contributed by atoms with E-state index in [9.17, 15) is 10.1 Å². The zero-order valence-electron chi connectivity index (χ0n) is 13.4. The molecule has 8 heteroatoms. The highest BCUT2D eigenvalue weighted by Crippen LogP contribution is 2.13. The van der Waals surface area contributed by atoms with Crippen molar-refractivity contribution in [2.24, 2.45) is 4.99 Å². The summed E-state index contributed by atoms with van der Waals surface area (Å²) in [7, 11) is 0. The Kier molecular flexibility index (Phi) is 9.31. The molecule has 24 heavy (non-hydrogen) atoms. The Hall–Kier alpha value is -1.68. The first kappa shape index (κ1) is 20.4. The second-order valence-electron chi connectivity index (χ2n) is 5.27. The highest BCUT2D eigenvalue weighted by atomic mass is 127. The van der Waals surface area contributed by atoms with Gasteiger partial charge in [-0.05, 0) is 18.4 Å². The van der Waals surface area contributed by atoms with Gasteiger partial charge in [-0.2, -0.15) is 0 Å². The summed E-state index contributed by atoms with van der Waals surface area (Å²) >= 11 is 0. The van der Waals surface area contributed by atoms with Crippen molar-refractivity contribution in [3.63, 3.8) is 0 Å². The monoisotopic (exact) mass is 446 g/mol. The lowest BCUT2D eigenvalue weighted by molar-refractivity contribution is -0.384. The van der Waals surface area contributed by atoms with Crippen LogP contribution in [0, 0.1) is 10.1 Å². The molecule has 0 amide bonds. The molecule has 1 atom stereocenters. The van der Waals surface area contributed by atoms with Crippen LogP contribution in [0.25, 0.3) is 0 Å². The number of nitro benzene ring substituents is 1. The average molecular weight is 446 g/mol. The van der Waals surface area contributed by atoms with Gasteiger partial charge in [0.2, 0.25) is 0 Å². The summed E-state index contributed by atoms with van der Waals surface area (Å²) in [5.74, 6) is 0.679. The molecule has 132 valence electrons. The number of nitro groups is 1. The van der Waals surface area contributed by atoms with Crippen molar-refractivity contribution in [3.8, 4) is 0 Å². The largest absolute Gasteiger partial charge is 0.376 e. The standard InChI is InChI=1S/C16H22N4O3.HI/c1-2-9-17-16(19-12-15-4-3-10-23-15)18-11-13-5-7-14(8-6-13)20(21)22;/h2,5-8,15H,1,3-4,9-12H2,(H2,17,18,19);1H. The Balaban J connectivity index is 0.00000288. The molecular weight excluding hydrogens is 423 g/mol. The number of rotatable bonds is 7. The van der Waals surface area contributed by atoms with E-state index >= 15 is 0 Å². The molecule has 1 aliphatic rings. The van der Waals surface area contributed by atoms with Gasteiger partial charge in [0.05, 0.1) is 17.6 Å². The molecule has 1 fully saturated rings. The number of non-ortho nitro benzene ring substituents is 1. The predicted molar refractivity (Wildman–Crippen MR) is 105 cm³/mol. The fourth-order valence-electron chi connectivity index (χ4n) is 2.25. The minimum Gasteiger partial charge on any atom is -0.376 e. The Bertz CT molecular complexity index is 557. The molecule has 2 rings (SSSR count). The van der Waals surface area contributed by atoms with E-state index in [1.807, 2.05) is 0 Å². The summed E-state index contributed by atoms with van der Waals surface area (Å²) < 4.78 is 5.58. The lowest BCUT2D eigenvalue weighted by Crippen LogP contribution is -2.41. The summed E-state index contributed by atoms with van der Waals surface area (Å²) in [6.45, 7) is 6.26. The van der Waals surface area contributed by atoms with E-state index in [-0.39, 0.29) is 35.8 Å². The first-order valence-electron chi connectivity index (χ1n) is 7.67. The molecule has 0 saturated carbocycles. The Labute approximate surface area is 158 Å². The van der Waals surface area contributed by atoms with Gasteiger partial charge in [0.25, 0.3) is 5.69 Å². The summed E-state index contributed by atoms with van der Waals surface area (Å²) in [5.41, 5.74) is 0.992. The van der Waals surface area contributed by atoms with E-state index in [2.05, 4.69) is 22.2 Å². The quantitative estimate of drug-likeness (QED) is 0.168. The maximum atomic E-state index is 10.6. The van der Waals surface area contributed by atoms with Crippen LogP contribution in [0.1, 0.15) is 18.4 Å². The highest BCUT2D eigenvalue weighted by molar-refractivity contribution is 14.0. The number of guanidine groups is 1. The van der Waals surface area contributed by atoms with Crippen LogP contribution in [0.5, 0.6) is 0 Å². The fraction of sp³-hybridized carbons (Fsp3) is 0.438. The zero-order chi connectivity index (χ0) is 16.5. The van der Waals surface area contributed by atoms with Crippen molar-refractivity contribution in [2.45, 2.75) is 25.5 Å². The number of benzene rings is 1. The van der Waals surface area contributed by atoms with Crippen LogP contribution in [0.3, 0.4) is 0 Å². The second-order valence-corrected chi connectivity index (χ2v) is 5.27. The maximum absolute atomic E-state index is 10.6. The van der Waals surface area contributed by atoms with Crippen molar-refractivity contribution in [2.75, 3.05) is 19.7 Å². The van der Waals surface area contributed by atoms with Gasteiger partial charge in [0.1, 0.15) is 0 Å². The third-order valence-electron chi connectivity index (χ3n) is 3.50. The summed E-state index contributed by atoms with van der Waals surface area (Å²) in [6, 6.07) is 6.41. The van der Waals surface area contributed by atoms with Gasteiger partial charge < -0.3 is 15.4 Å². The molecule has 1 unspecified atom stereocenters. The molecule has 0 aromatic heterocycles. The summed E-state index contributed by atoms with van der Waals surface area (Å²) in [4.78, 5) is 14.7. The van der Waals surface area contributed by atoms with Gasteiger partial charge in [-0.1, -0.05) is 18.2 Å². The van der Waals surface area contributed by atoms with E-state index in [1.165, 1.54) is 12.1 Å². The van der Waals surface area contributed by atoms with E-state index < -0.39 is 4.92 Å². The van der Waals surface area contributed by atoms with E-state index in [4.69, 9.17) is 4.74 Å². The molecule has 1 saturated heterocycles. The normalized spacial score (nSPS) is 17.0. The van der Waals surface area contributed by atoms with Crippen LogP contribution in [-0.4, -0.2) is 36.7 Å². The second kappa shape index (κ2) is 11.0. The van der Waals surface area contributed by atoms with Crippen LogP contribution in [-0.2, 0) is 11.3 Å². The summed E-state index contributed by atoms with van der Waals surface area (Å²) in [6.07, 6.45) is 4.14. The van der Waals surface area contributed by atoms with Crippen LogP contribution in [0.2, 0.25) is 0 Å². The van der Waals surface area contributed by atoms with Gasteiger partial charge in [0.15, 0.2) is 5.96 Å². The Morgan fingerprint density at radius 1 is 1.42 bits per heavy atom. The van der Waals surface area contributed by atoms with Crippen LogP contribution < -0.4 is 10.6 Å². The number of halogens is 1. The van der Waals surface area contributed by atoms with Gasteiger partial charge in [-0.3, -0.25) is 10.1 Å². The molecule has 1 aliphatic heterocycles. The molecule has 1 heterocycles. The fourth-order valence-corrected chi connectivity index (χ4v) is 2.25. The minimum absolute atomic E-state index is 0. The topological polar surface area (TPSA) is 88.8 Å². The van der Waals surface area contributed by atoms with Crippen molar-refractivity contribution >= 4 is 35.6 Å². The molecule has 0 radical (unpaired) electrons. The lowest BCUT2D eigenvalue weighted by Gasteiger charge is -2.14. The third kappa shape index (κ3) is 6.83. The molecule has 0 aliphatic carbocycles. The third-order valence-corrected chi connectivity index (χ3v) is 3.50. The average Bonchev–Trinajstić information content (AvgIpc) is 3.08. The van der Waals surface area contributed by atoms with Crippen molar-refractivity contribution in [3.05, 3.63) is 52.6 Å². The van der Waals surface area contributed by atoms with Crippen molar-refractivity contribution < 1.29 is 9.66 Å². The van der Waals surface area contributed by atoms with Gasteiger partial charge in [-0.15, -0.1) is 30.6 Å². The first-order valence-corrected chi connectivity index (χ1v) is 7.67. The SMILES string of the molecule is C=CCNC(=NCc1ccc([N+](=O)[O-])cc1)NCC1CCCO1.I. The molecule has 0 spiro atoms. The van der Waals surface area contributed by atoms with Gasteiger partial charge in [0, 0.05) is 31.8 Å². The molecule has 0 bridgehead atoms. The van der Waals surface area contributed by atoms with Gasteiger partial charge in [-0.25, -0.2) is 4.99 Å². The molecule has 1 aromatic rings. The molecule has 1 aromatic carbocycles. The Morgan fingerprint density at radius 3 is 2.75 bits per heavy atom. The molecular formula is C16H23IN4O3. The predicted octanol–water partition coefficient (Wildman–Crippen LogP) is 2.61. The van der Waals surface area contributed by atoms with Crippen molar-refractivity contribution in [1.29, 1.82) is 0 Å². The van der Waals surface area contributed by atoms with Gasteiger partial charge >= 0.3 is 0 Å². The van der Waals surface area contributed by atoms with Crippen LogP contribution >= 0.6 is 24.0 Å². The van der Waals surface area contributed by atoms with Crippen molar-refractivity contribution in [1.82, 2.24) is 10.6 Å². The number of aliphatic imine (C=N–C) groups is 1. The van der Waals surface area contributed by atoms with Crippen LogP contribution in [0.15, 0.2) is 41.9 Å². The number of hydrogen-bond donors (Lipinski definition) is 2. The number of nitrogens with zero attached hydrogens (tertiary/aromatic N) is 2. The molecule has 2 N–H and O–H groups in total. The summed E-state index contributed by atoms with van der Waals surface area (Å²) in [5, 5.41) is 17.0. The smallest absolute Gasteiger partial charge is 0.269 e. The van der Waals surface area contributed by atoms with E-state index in [0.717, 1.165) is 25.0 Å². The van der Waals surface area contributed by atoms with Crippen LogP contribution in [0.4, 0.5) is 5.69 Å². The Morgan fingerprint density at radius 2 is 2.17 bits per heavy atom. The van der Waals surface area contributed by atoms with E-state index in [0.29, 0.717) is 25.6 Å².